The van der Waals surface area contributed by atoms with Crippen LogP contribution in [0.2, 0.25) is 0 Å². The van der Waals surface area contributed by atoms with Crippen molar-refractivity contribution >= 4 is 12.3 Å². The molecular weight excluding hydrogens is 256 g/mol. The molecular formula is C12H22O7. The SMILES string of the molecule is CCCCCC(=O)OC[C@@H](O)[C@@H](O)[C@H](O)[C@@H](O)C=O. The van der Waals surface area contributed by atoms with Crippen molar-refractivity contribution in [2.24, 2.45) is 0 Å². The lowest BCUT2D eigenvalue weighted by atomic mass is 10.0. The Hall–Kier alpha value is -1.02. The third-order valence-electron chi connectivity index (χ3n) is 2.63. The number of carbonyl (C=O) groups excluding carboxylic acids is 2. The Balaban J connectivity index is 3.99. The van der Waals surface area contributed by atoms with Crippen molar-refractivity contribution in [1.29, 1.82) is 0 Å². The number of aliphatic hydroxyl groups is 4. The molecule has 0 aliphatic heterocycles. The summed E-state index contributed by atoms with van der Waals surface area (Å²) < 4.78 is 4.71. The molecule has 0 aromatic heterocycles. The molecule has 0 saturated carbocycles. The molecule has 0 amide bonds. The van der Waals surface area contributed by atoms with Gasteiger partial charge in [0.05, 0.1) is 0 Å². The molecule has 0 unspecified atom stereocenters. The van der Waals surface area contributed by atoms with Crippen LogP contribution in [0.3, 0.4) is 0 Å². The van der Waals surface area contributed by atoms with Gasteiger partial charge in [0.1, 0.15) is 31.0 Å². The maximum atomic E-state index is 11.2. The average molecular weight is 278 g/mol. The number of ether oxygens (including phenoxy) is 1. The Bertz CT molecular complexity index is 269. The van der Waals surface area contributed by atoms with Crippen LogP contribution in [-0.2, 0) is 14.3 Å². The average Bonchev–Trinajstić information content (AvgIpc) is 2.42. The number of esters is 1. The van der Waals surface area contributed by atoms with E-state index in [0.29, 0.717) is 6.42 Å². The third kappa shape index (κ3) is 7.22. The summed E-state index contributed by atoms with van der Waals surface area (Å²) in [7, 11) is 0. The molecule has 4 N–H and O–H groups in total. The van der Waals surface area contributed by atoms with E-state index in [4.69, 9.17) is 9.84 Å². The molecule has 19 heavy (non-hydrogen) atoms. The van der Waals surface area contributed by atoms with Gasteiger partial charge in [-0.25, -0.2) is 0 Å². The second-order valence-electron chi connectivity index (χ2n) is 4.32. The first-order chi connectivity index (χ1) is 8.93. The van der Waals surface area contributed by atoms with Crippen LogP contribution in [0.15, 0.2) is 0 Å². The molecule has 0 fully saturated rings. The maximum absolute atomic E-state index is 11.2. The van der Waals surface area contributed by atoms with Gasteiger partial charge in [0.15, 0.2) is 6.29 Å². The number of unbranched alkanes of at least 4 members (excludes halogenated alkanes) is 2. The van der Waals surface area contributed by atoms with Crippen molar-refractivity contribution in [3.8, 4) is 0 Å². The van der Waals surface area contributed by atoms with Crippen molar-refractivity contribution in [1.82, 2.24) is 0 Å². The third-order valence-corrected chi connectivity index (χ3v) is 2.63. The van der Waals surface area contributed by atoms with E-state index in [1.54, 1.807) is 0 Å². The molecule has 0 radical (unpaired) electrons. The minimum atomic E-state index is -1.83. The van der Waals surface area contributed by atoms with Gasteiger partial charge in [-0.1, -0.05) is 19.8 Å². The van der Waals surface area contributed by atoms with E-state index in [1.165, 1.54) is 0 Å². The molecule has 0 aromatic carbocycles. The number of rotatable bonds is 10. The lowest BCUT2D eigenvalue weighted by Gasteiger charge is -2.23. The number of hydrogen-bond donors (Lipinski definition) is 4. The zero-order valence-electron chi connectivity index (χ0n) is 10.9. The van der Waals surface area contributed by atoms with Crippen molar-refractivity contribution in [3.05, 3.63) is 0 Å². The van der Waals surface area contributed by atoms with E-state index in [-0.39, 0.29) is 12.7 Å². The fourth-order valence-corrected chi connectivity index (χ4v) is 1.38. The van der Waals surface area contributed by atoms with Crippen LogP contribution < -0.4 is 0 Å². The summed E-state index contributed by atoms with van der Waals surface area (Å²) in [5.74, 6) is -0.509. The molecule has 0 bridgehead atoms. The lowest BCUT2D eigenvalue weighted by Crippen LogP contribution is -2.46. The standard InChI is InChI=1S/C12H22O7/c1-2-3-4-5-10(16)19-7-9(15)12(18)11(17)8(14)6-13/h6,8-9,11-12,14-15,17-18H,2-5,7H2,1H3/t8-,9+,11+,12+/m0/s1. The molecule has 0 saturated heterocycles. The van der Waals surface area contributed by atoms with Crippen molar-refractivity contribution < 1.29 is 34.8 Å². The van der Waals surface area contributed by atoms with Crippen LogP contribution >= 0.6 is 0 Å². The van der Waals surface area contributed by atoms with Gasteiger partial charge >= 0.3 is 5.97 Å². The van der Waals surface area contributed by atoms with Crippen LogP contribution in [0.4, 0.5) is 0 Å². The minimum absolute atomic E-state index is 0.0391. The first-order valence-corrected chi connectivity index (χ1v) is 6.27. The van der Waals surface area contributed by atoms with Crippen LogP contribution in [0.5, 0.6) is 0 Å². The summed E-state index contributed by atoms with van der Waals surface area (Å²) in [6.07, 6.45) is -4.18. The van der Waals surface area contributed by atoms with E-state index in [9.17, 15) is 24.9 Å². The van der Waals surface area contributed by atoms with Crippen LogP contribution in [0.25, 0.3) is 0 Å². The summed E-state index contributed by atoms with van der Waals surface area (Å²) >= 11 is 0. The fraction of sp³-hybridized carbons (Fsp3) is 0.833. The quantitative estimate of drug-likeness (QED) is 0.224. The molecule has 0 aliphatic carbocycles. The van der Waals surface area contributed by atoms with Gasteiger partial charge in [-0.05, 0) is 6.42 Å². The second-order valence-corrected chi connectivity index (χ2v) is 4.32. The fourth-order valence-electron chi connectivity index (χ4n) is 1.38. The van der Waals surface area contributed by atoms with Crippen LogP contribution in [0, 0.1) is 0 Å². The lowest BCUT2D eigenvalue weighted by molar-refractivity contribution is -0.156. The zero-order valence-corrected chi connectivity index (χ0v) is 10.9. The van der Waals surface area contributed by atoms with Crippen LogP contribution in [-0.4, -0.2) is 63.7 Å². The summed E-state index contributed by atoms with van der Waals surface area (Å²) in [6, 6.07) is 0. The van der Waals surface area contributed by atoms with Gasteiger partial charge in [-0.3, -0.25) is 4.79 Å². The predicted molar refractivity (Wildman–Crippen MR) is 65.2 cm³/mol. The van der Waals surface area contributed by atoms with Gasteiger partial charge in [0.2, 0.25) is 0 Å². The first-order valence-electron chi connectivity index (χ1n) is 6.27. The van der Waals surface area contributed by atoms with E-state index >= 15 is 0 Å². The Morgan fingerprint density at radius 3 is 2.32 bits per heavy atom. The summed E-state index contributed by atoms with van der Waals surface area (Å²) in [4.78, 5) is 21.4. The molecule has 0 heterocycles. The molecule has 0 aliphatic rings. The monoisotopic (exact) mass is 278 g/mol. The summed E-state index contributed by atoms with van der Waals surface area (Å²) in [6.45, 7) is 1.49. The normalized spacial score (nSPS) is 17.3. The Morgan fingerprint density at radius 1 is 1.16 bits per heavy atom. The predicted octanol–water partition coefficient (Wildman–Crippen LogP) is -1.25. The Labute approximate surface area is 111 Å². The van der Waals surface area contributed by atoms with Crippen molar-refractivity contribution in [2.75, 3.05) is 6.61 Å². The highest BCUT2D eigenvalue weighted by Crippen LogP contribution is 2.06. The Morgan fingerprint density at radius 2 is 1.79 bits per heavy atom. The molecule has 7 heteroatoms. The van der Waals surface area contributed by atoms with E-state index in [0.717, 1.165) is 12.8 Å². The van der Waals surface area contributed by atoms with E-state index in [1.807, 2.05) is 6.92 Å². The van der Waals surface area contributed by atoms with Gasteiger partial charge < -0.3 is 30.0 Å². The zero-order chi connectivity index (χ0) is 14.8. The molecule has 0 rings (SSSR count). The largest absolute Gasteiger partial charge is 0.463 e. The smallest absolute Gasteiger partial charge is 0.305 e. The number of aldehydes is 1. The highest BCUT2D eigenvalue weighted by Gasteiger charge is 2.30. The van der Waals surface area contributed by atoms with Gasteiger partial charge in [0.25, 0.3) is 0 Å². The minimum Gasteiger partial charge on any atom is -0.463 e. The van der Waals surface area contributed by atoms with E-state index in [2.05, 4.69) is 0 Å². The van der Waals surface area contributed by atoms with Gasteiger partial charge in [0, 0.05) is 6.42 Å². The Kier molecular flexibility index (Phi) is 9.32. The van der Waals surface area contributed by atoms with Crippen LogP contribution in [0.1, 0.15) is 32.6 Å². The topological polar surface area (TPSA) is 124 Å². The summed E-state index contributed by atoms with van der Waals surface area (Å²) in [5, 5.41) is 37.1. The highest BCUT2D eigenvalue weighted by atomic mass is 16.5. The molecule has 0 aromatic rings. The molecule has 4 atom stereocenters. The number of hydrogen-bond acceptors (Lipinski definition) is 7. The number of aliphatic hydroxyl groups excluding tert-OH is 4. The second kappa shape index (κ2) is 9.85. The molecule has 0 spiro atoms. The summed E-state index contributed by atoms with van der Waals surface area (Å²) in [5.41, 5.74) is 0. The van der Waals surface area contributed by atoms with Gasteiger partial charge in [-0.2, -0.15) is 0 Å². The van der Waals surface area contributed by atoms with Gasteiger partial charge in [-0.15, -0.1) is 0 Å². The maximum Gasteiger partial charge on any atom is 0.305 e. The van der Waals surface area contributed by atoms with Crippen molar-refractivity contribution in [3.63, 3.8) is 0 Å². The first kappa shape index (κ1) is 18.0. The molecule has 7 nitrogen and oxygen atoms in total. The van der Waals surface area contributed by atoms with Crippen molar-refractivity contribution in [2.45, 2.75) is 57.0 Å². The van der Waals surface area contributed by atoms with E-state index < -0.39 is 37.0 Å². The number of carbonyl (C=O) groups is 2. The molecule has 112 valence electrons. The highest BCUT2D eigenvalue weighted by molar-refractivity contribution is 5.69.